The molecule has 2 aromatic heterocycles. The summed E-state index contributed by atoms with van der Waals surface area (Å²) in [6.07, 6.45) is 9.75. The van der Waals surface area contributed by atoms with Crippen LogP contribution >= 0.6 is 0 Å². The Morgan fingerprint density at radius 3 is 2.43 bits per heavy atom. The van der Waals surface area contributed by atoms with Crippen LogP contribution in [0.25, 0.3) is 0 Å². The van der Waals surface area contributed by atoms with Crippen molar-refractivity contribution in [3.8, 4) is 0 Å². The summed E-state index contributed by atoms with van der Waals surface area (Å²) < 4.78 is 1.77. The Bertz CT molecular complexity index is 717. The summed E-state index contributed by atoms with van der Waals surface area (Å²) in [4.78, 5) is 27.5. The molecule has 2 aliphatic rings. The van der Waals surface area contributed by atoms with Crippen molar-refractivity contribution in [2.24, 2.45) is 5.92 Å². The molecular formula is C17H21N5O. The fourth-order valence-corrected chi connectivity index (χ4v) is 3.23. The predicted molar refractivity (Wildman–Crippen MR) is 87.4 cm³/mol. The highest BCUT2D eigenvalue weighted by atomic mass is 16.1. The standard InChI is InChI=1S/C17H21N5O/c23-16-10-15(14-2-3-14)20-12-22(16)11-13-4-8-21(9-5-13)17-18-6-1-7-19-17/h1,6-7,10,12-14H,2-5,8-9,11H2. The lowest BCUT2D eigenvalue weighted by molar-refractivity contribution is 0.349. The van der Waals surface area contributed by atoms with Gasteiger partial charge in [-0.25, -0.2) is 15.0 Å². The largest absolute Gasteiger partial charge is 0.341 e. The lowest BCUT2D eigenvalue weighted by atomic mass is 9.97. The Balaban J connectivity index is 1.37. The number of piperidine rings is 1. The van der Waals surface area contributed by atoms with E-state index in [0.717, 1.165) is 44.1 Å². The second-order valence-electron chi connectivity index (χ2n) is 6.56. The van der Waals surface area contributed by atoms with Gasteiger partial charge in [-0.2, -0.15) is 0 Å². The van der Waals surface area contributed by atoms with Crippen molar-refractivity contribution in [1.82, 2.24) is 19.5 Å². The third kappa shape index (κ3) is 3.25. The van der Waals surface area contributed by atoms with Crippen molar-refractivity contribution < 1.29 is 0 Å². The molecule has 1 aliphatic carbocycles. The van der Waals surface area contributed by atoms with Gasteiger partial charge in [0, 0.05) is 44.0 Å². The summed E-state index contributed by atoms with van der Waals surface area (Å²) in [6.45, 7) is 2.65. The van der Waals surface area contributed by atoms with Crippen LogP contribution in [0.5, 0.6) is 0 Å². The molecular weight excluding hydrogens is 290 g/mol. The Kier molecular flexibility index (Phi) is 3.81. The van der Waals surface area contributed by atoms with Crippen molar-refractivity contribution in [2.75, 3.05) is 18.0 Å². The van der Waals surface area contributed by atoms with Gasteiger partial charge in [-0.1, -0.05) is 0 Å². The number of nitrogens with zero attached hydrogens (tertiary/aromatic N) is 5. The van der Waals surface area contributed by atoms with Gasteiger partial charge in [0.2, 0.25) is 5.95 Å². The van der Waals surface area contributed by atoms with E-state index in [4.69, 9.17) is 0 Å². The molecule has 6 heteroatoms. The van der Waals surface area contributed by atoms with Crippen LogP contribution in [0.4, 0.5) is 5.95 Å². The number of hydrogen-bond acceptors (Lipinski definition) is 5. The van der Waals surface area contributed by atoms with E-state index < -0.39 is 0 Å². The monoisotopic (exact) mass is 311 g/mol. The van der Waals surface area contributed by atoms with Gasteiger partial charge in [0.05, 0.1) is 12.0 Å². The van der Waals surface area contributed by atoms with Crippen LogP contribution in [0.2, 0.25) is 0 Å². The van der Waals surface area contributed by atoms with Crippen molar-refractivity contribution >= 4 is 5.95 Å². The molecule has 0 radical (unpaired) electrons. The molecule has 2 aromatic rings. The highest BCUT2D eigenvalue weighted by Gasteiger charge is 2.26. The molecule has 0 unspecified atom stereocenters. The van der Waals surface area contributed by atoms with Gasteiger partial charge in [0.25, 0.3) is 5.56 Å². The number of anilines is 1. The maximum absolute atomic E-state index is 12.2. The molecule has 0 amide bonds. The van der Waals surface area contributed by atoms with Crippen LogP contribution in [-0.2, 0) is 6.54 Å². The van der Waals surface area contributed by atoms with Crippen molar-refractivity contribution in [3.05, 3.63) is 46.9 Å². The van der Waals surface area contributed by atoms with Crippen molar-refractivity contribution in [1.29, 1.82) is 0 Å². The summed E-state index contributed by atoms with van der Waals surface area (Å²) in [6, 6.07) is 3.56. The van der Waals surface area contributed by atoms with Gasteiger partial charge in [0.15, 0.2) is 0 Å². The van der Waals surface area contributed by atoms with Gasteiger partial charge < -0.3 is 4.90 Å². The smallest absolute Gasteiger partial charge is 0.253 e. The number of hydrogen-bond donors (Lipinski definition) is 0. The molecule has 4 rings (SSSR count). The molecule has 0 aromatic carbocycles. The fraction of sp³-hybridized carbons (Fsp3) is 0.529. The first-order chi connectivity index (χ1) is 11.3. The zero-order valence-electron chi connectivity index (χ0n) is 13.1. The highest BCUT2D eigenvalue weighted by Crippen LogP contribution is 2.38. The summed E-state index contributed by atoms with van der Waals surface area (Å²) >= 11 is 0. The van der Waals surface area contributed by atoms with Crippen molar-refractivity contribution in [2.45, 2.75) is 38.1 Å². The minimum atomic E-state index is 0.0933. The van der Waals surface area contributed by atoms with E-state index in [9.17, 15) is 4.79 Å². The molecule has 3 heterocycles. The van der Waals surface area contributed by atoms with Crippen LogP contribution in [0.1, 0.15) is 37.3 Å². The van der Waals surface area contributed by atoms with E-state index >= 15 is 0 Å². The Labute approximate surface area is 135 Å². The molecule has 0 atom stereocenters. The molecule has 120 valence electrons. The lowest BCUT2D eigenvalue weighted by Crippen LogP contribution is -2.37. The quantitative estimate of drug-likeness (QED) is 0.862. The highest BCUT2D eigenvalue weighted by molar-refractivity contribution is 5.28. The Hall–Kier alpha value is -2.24. The fourth-order valence-electron chi connectivity index (χ4n) is 3.23. The molecule has 1 saturated carbocycles. The van der Waals surface area contributed by atoms with Crippen LogP contribution in [0, 0.1) is 5.92 Å². The van der Waals surface area contributed by atoms with E-state index in [2.05, 4.69) is 19.9 Å². The van der Waals surface area contributed by atoms with Gasteiger partial charge in [-0.3, -0.25) is 9.36 Å². The van der Waals surface area contributed by atoms with E-state index in [1.807, 2.05) is 6.07 Å². The predicted octanol–water partition coefficient (Wildman–Crippen LogP) is 1.83. The Morgan fingerprint density at radius 2 is 1.78 bits per heavy atom. The van der Waals surface area contributed by atoms with Gasteiger partial charge in [-0.05, 0) is 37.7 Å². The van der Waals surface area contributed by atoms with E-state index in [1.165, 1.54) is 12.8 Å². The summed E-state index contributed by atoms with van der Waals surface area (Å²) in [5, 5.41) is 0. The topological polar surface area (TPSA) is 63.9 Å². The lowest BCUT2D eigenvalue weighted by Gasteiger charge is -2.32. The molecule has 0 N–H and O–H groups in total. The minimum Gasteiger partial charge on any atom is -0.341 e. The average molecular weight is 311 g/mol. The maximum atomic E-state index is 12.2. The van der Waals surface area contributed by atoms with Crippen LogP contribution in [0.15, 0.2) is 35.6 Å². The normalized spacial score (nSPS) is 19.0. The van der Waals surface area contributed by atoms with Crippen molar-refractivity contribution in [3.63, 3.8) is 0 Å². The average Bonchev–Trinajstić information content (AvgIpc) is 3.43. The molecule has 1 saturated heterocycles. The van der Waals surface area contributed by atoms with Gasteiger partial charge in [-0.15, -0.1) is 0 Å². The third-order valence-electron chi connectivity index (χ3n) is 4.80. The SMILES string of the molecule is O=c1cc(C2CC2)ncn1CC1CCN(c2ncccn2)CC1. The van der Waals surface area contributed by atoms with Crippen LogP contribution < -0.4 is 10.5 Å². The summed E-state index contributed by atoms with van der Waals surface area (Å²) in [7, 11) is 0. The minimum absolute atomic E-state index is 0.0933. The zero-order chi connectivity index (χ0) is 15.6. The molecule has 23 heavy (non-hydrogen) atoms. The van der Waals surface area contributed by atoms with Gasteiger partial charge in [0.1, 0.15) is 0 Å². The first-order valence-electron chi connectivity index (χ1n) is 8.38. The van der Waals surface area contributed by atoms with Gasteiger partial charge >= 0.3 is 0 Å². The molecule has 0 spiro atoms. The molecule has 6 nitrogen and oxygen atoms in total. The third-order valence-corrected chi connectivity index (χ3v) is 4.80. The van der Waals surface area contributed by atoms with E-state index in [0.29, 0.717) is 11.8 Å². The maximum Gasteiger partial charge on any atom is 0.253 e. The second kappa shape index (κ2) is 6.10. The first kappa shape index (κ1) is 14.4. The summed E-state index contributed by atoms with van der Waals surface area (Å²) in [5.41, 5.74) is 1.07. The Morgan fingerprint density at radius 1 is 1.04 bits per heavy atom. The molecule has 0 bridgehead atoms. The molecule has 2 fully saturated rings. The van der Waals surface area contributed by atoms with E-state index in [1.54, 1.807) is 29.4 Å². The first-order valence-corrected chi connectivity index (χ1v) is 8.38. The second-order valence-corrected chi connectivity index (χ2v) is 6.56. The molecule has 1 aliphatic heterocycles. The van der Waals surface area contributed by atoms with E-state index in [-0.39, 0.29) is 5.56 Å². The zero-order valence-corrected chi connectivity index (χ0v) is 13.1. The summed E-state index contributed by atoms with van der Waals surface area (Å²) in [5.74, 6) is 1.85. The number of aromatic nitrogens is 4. The number of rotatable bonds is 4. The van der Waals surface area contributed by atoms with Crippen LogP contribution in [-0.4, -0.2) is 32.6 Å². The van der Waals surface area contributed by atoms with Crippen LogP contribution in [0.3, 0.4) is 0 Å².